The number of halogens is 1. The first-order valence-electron chi connectivity index (χ1n) is 5.04. The molecule has 0 radical (unpaired) electrons. The lowest BCUT2D eigenvalue weighted by molar-refractivity contribution is 0.0691. The largest absolute Gasteiger partial charge is 0.478 e. The minimum absolute atomic E-state index is 0.207. The van der Waals surface area contributed by atoms with Crippen LogP contribution in [0.15, 0.2) is 40.5 Å². The molecule has 1 heterocycles. The van der Waals surface area contributed by atoms with E-state index in [2.05, 4.69) is 9.97 Å². The van der Waals surface area contributed by atoms with Crippen LogP contribution in [0.25, 0.3) is 0 Å². The Kier molecular flexibility index (Phi) is 3.73. The number of carbonyl (C=O) groups is 1. The average molecular weight is 275 g/mol. The Morgan fingerprint density at radius 2 is 2.21 bits per heavy atom. The first-order chi connectivity index (χ1) is 9.10. The number of carboxylic acid groups (broad SMARTS) is 1. The fourth-order valence-electron chi connectivity index (χ4n) is 1.29. The zero-order valence-electron chi connectivity index (χ0n) is 9.37. The number of rotatable bonds is 3. The summed E-state index contributed by atoms with van der Waals surface area (Å²) in [5.74, 6) is -2.14. The number of aromatic nitrogens is 2. The van der Waals surface area contributed by atoms with Crippen LogP contribution < -0.4 is 0 Å². The molecule has 2 rings (SSSR count). The number of hydrogen-bond donors (Lipinski definition) is 1. The molecular weight excluding hydrogens is 269 g/mol. The van der Waals surface area contributed by atoms with Crippen LogP contribution in [0.3, 0.4) is 0 Å². The molecule has 0 fully saturated rings. The van der Waals surface area contributed by atoms with Crippen LogP contribution in [-0.4, -0.2) is 21.0 Å². The minimum atomic E-state index is -1.34. The lowest BCUT2D eigenvalue weighted by atomic mass is 10.2. The van der Waals surface area contributed by atoms with Gasteiger partial charge in [-0.3, -0.25) is 0 Å². The molecule has 0 saturated heterocycles. The summed E-state index contributed by atoms with van der Waals surface area (Å²) in [5, 5.41) is 17.8. The second-order valence-electron chi connectivity index (χ2n) is 3.39. The smallest absolute Gasteiger partial charge is 0.338 e. The molecular formula is C12H6FN3O2S. The van der Waals surface area contributed by atoms with Crippen LogP contribution in [0.2, 0.25) is 0 Å². The van der Waals surface area contributed by atoms with Crippen LogP contribution in [0.5, 0.6) is 0 Å². The predicted molar refractivity (Wildman–Crippen MR) is 64.2 cm³/mol. The van der Waals surface area contributed by atoms with Gasteiger partial charge >= 0.3 is 5.97 Å². The quantitative estimate of drug-likeness (QED) is 0.865. The fourth-order valence-corrected chi connectivity index (χ4v) is 2.07. The van der Waals surface area contributed by atoms with E-state index < -0.39 is 17.3 Å². The third kappa shape index (κ3) is 3.05. The van der Waals surface area contributed by atoms with Gasteiger partial charge in [0.05, 0.1) is 5.56 Å². The number of benzene rings is 1. The number of carboxylic acids is 1. The van der Waals surface area contributed by atoms with Gasteiger partial charge in [0.15, 0.2) is 5.16 Å². The summed E-state index contributed by atoms with van der Waals surface area (Å²) in [7, 11) is 0. The van der Waals surface area contributed by atoms with Crippen LogP contribution >= 0.6 is 11.8 Å². The lowest BCUT2D eigenvalue weighted by Gasteiger charge is -2.02. The van der Waals surface area contributed by atoms with E-state index in [-0.39, 0.29) is 5.69 Å². The lowest BCUT2D eigenvalue weighted by Crippen LogP contribution is -2.00. The van der Waals surface area contributed by atoms with E-state index in [0.29, 0.717) is 10.1 Å². The number of nitrogens with zero attached hydrogens (tertiary/aromatic N) is 3. The molecule has 0 bridgehead atoms. The molecule has 0 aliphatic heterocycles. The van der Waals surface area contributed by atoms with Crippen molar-refractivity contribution in [2.75, 3.05) is 0 Å². The SMILES string of the molecule is N#Cc1ccnc(Sc2ccc(F)c(C(=O)O)c2)n1. The summed E-state index contributed by atoms with van der Waals surface area (Å²) in [6.07, 6.45) is 1.43. The van der Waals surface area contributed by atoms with Crippen molar-refractivity contribution in [1.82, 2.24) is 9.97 Å². The van der Waals surface area contributed by atoms with Crippen LogP contribution in [0.4, 0.5) is 4.39 Å². The summed E-state index contributed by atoms with van der Waals surface area (Å²) in [4.78, 5) is 19.2. The molecule has 0 unspecified atom stereocenters. The van der Waals surface area contributed by atoms with Gasteiger partial charge < -0.3 is 5.11 Å². The molecule has 0 amide bonds. The highest BCUT2D eigenvalue weighted by Gasteiger charge is 2.12. The highest BCUT2D eigenvalue weighted by molar-refractivity contribution is 7.99. The number of nitriles is 1. The Bertz CT molecular complexity index is 685. The van der Waals surface area contributed by atoms with E-state index in [1.165, 1.54) is 24.4 Å². The van der Waals surface area contributed by atoms with E-state index in [1.54, 1.807) is 0 Å². The van der Waals surface area contributed by atoms with Crippen molar-refractivity contribution in [3.8, 4) is 6.07 Å². The van der Waals surface area contributed by atoms with Crippen molar-refractivity contribution in [3.05, 3.63) is 47.5 Å². The standard InChI is InChI=1S/C12H6FN3O2S/c13-10-2-1-8(5-9(10)11(17)18)19-12-15-4-3-7(6-14)16-12/h1-5H,(H,17,18). The van der Waals surface area contributed by atoms with E-state index in [1.807, 2.05) is 6.07 Å². The van der Waals surface area contributed by atoms with Gasteiger partial charge in [-0.05, 0) is 36.0 Å². The summed E-state index contributed by atoms with van der Waals surface area (Å²) >= 11 is 1.05. The van der Waals surface area contributed by atoms with Gasteiger partial charge in [-0.2, -0.15) is 5.26 Å². The molecule has 0 atom stereocenters. The zero-order valence-corrected chi connectivity index (χ0v) is 10.2. The third-order valence-electron chi connectivity index (χ3n) is 2.13. The molecule has 1 aromatic carbocycles. The van der Waals surface area contributed by atoms with Gasteiger partial charge in [0.2, 0.25) is 0 Å². The minimum Gasteiger partial charge on any atom is -0.478 e. The van der Waals surface area contributed by atoms with Crippen LogP contribution in [0, 0.1) is 17.1 Å². The highest BCUT2D eigenvalue weighted by atomic mass is 32.2. The van der Waals surface area contributed by atoms with E-state index in [0.717, 1.165) is 17.8 Å². The zero-order chi connectivity index (χ0) is 13.8. The van der Waals surface area contributed by atoms with Crippen molar-refractivity contribution in [2.45, 2.75) is 10.1 Å². The molecule has 0 spiro atoms. The molecule has 19 heavy (non-hydrogen) atoms. The summed E-state index contributed by atoms with van der Waals surface area (Å²) < 4.78 is 13.2. The van der Waals surface area contributed by atoms with Gasteiger partial charge in [0, 0.05) is 11.1 Å². The van der Waals surface area contributed by atoms with E-state index in [4.69, 9.17) is 10.4 Å². The van der Waals surface area contributed by atoms with E-state index in [9.17, 15) is 9.18 Å². The van der Waals surface area contributed by atoms with Gasteiger partial charge in [0.25, 0.3) is 0 Å². The van der Waals surface area contributed by atoms with Crippen molar-refractivity contribution >= 4 is 17.7 Å². The van der Waals surface area contributed by atoms with Crippen molar-refractivity contribution in [3.63, 3.8) is 0 Å². The Morgan fingerprint density at radius 3 is 2.89 bits per heavy atom. The first kappa shape index (κ1) is 13.0. The maximum atomic E-state index is 13.2. The van der Waals surface area contributed by atoms with Crippen LogP contribution in [-0.2, 0) is 0 Å². The first-order valence-corrected chi connectivity index (χ1v) is 5.85. The molecule has 0 saturated carbocycles. The maximum Gasteiger partial charge on any atom is 0.338 e. The summed E-state index contributed by atoms with van der Waals surface area (Å²) in [6, 6.07) is 7.02. The molecule has 1 N–H and O–H groups in total. The normalized spacial score (nSPS) is 9.89. The third-order valence-corrected chi connectivity index (χ3v) is 2.99. The van der Waals surface area contributed by atoms with Crippen molar-refractivity contribution < 1.29 is 14.3 Å². The van der Waals surface area contributed by atoms with Gasteiger partial charge in [-0.25, -0.2) is 19.2 Å². The Hall–Kier alpha value is -2.46. The van der Waals surface area contributed by atoms with Crippen molar-refractivity contribution in [1.29, 1.82) is 5.26 Å². The topological polar surface area (TPSA) is 86.9 Å². The second kappa shape index (κ2) is 5.46. The Morgan fingerprint density at radius 1 is 1.42 bits per heavy atom. The molecule has 0 aliphatic carbocycles. The average Bonchev–Trinajstić information content (AvgIpc) is 2.41. The fraction of sp³-hybridized carbons (Fsp3) is 0. The van der Waals surface area contributed by atoms with Gasteiger partial charge in [-0.1, -0.05) is 0 Å². The monoisotopic (exact) mass is 275 g/mol. The molecule has 5 nitrogen and oxygen atoms in total. The number of aromatic carboxylic acids is 1. The molecule has 2 aromatic rings. The molecule has 0 aliphatic rings. The molecule has 94 valence electrons. The van der Waals surface area contributed by atoms with Crippen molar-refractivity contribution in [2.24, 2.45) is 0 Å². The molecule has 1 aromatic heterocycles. The van der Waals surface area contributed by atoms with Crippen LogP contribution in [0.1, 0.15) is 16.1 Å². The Labute approximate surface area is 111 Å². The summed E-state index contributed by atoms with van der Waals surface area (Å²) in [6.45, 7) is 0. The van der Waals surface area contributed by atoms with Gasteiger partial charge in [0.1, 0.15) is 17.6 Å². The number of hydrogen-bond acceptors (Lipinski definition) is 5. The Balaban J connectivity index is 2.31. The summed E-state index contributed by atoms with van der Waals surface area (Å²) in [5.41, 5.74) is -0.209. The van der Waals surface area contributed by atoms with E-state index >= 15 is 0 Å². The molecule has 7 heteroatoms. The van der Waals surface area contributed by atoms with Gasteiger partial charge in [-0.15, -0.1) is 0 Å². The maximum absolute atomic E-state index is 13.2. The highest BCUT2D eigenvalue weighted by Crippen LogP contribution is 2.26. The predicted octanol–water partition coefficient (Wildman–Crippen LogP) is 2.34. The second-order valence-corrected chi connectivity index (χ2v) is 4.43.